The van der Waals surface area contributed by atoms with Crippen LogP contribution in [0.25, 0.3) is 11.3 Å². The molecule has 0 spiro atoms. The van der Waals surface area contributed by atoms with Crippen LogP contribution in [0.2, 0.25) is 0 Å². The number of aromatic nitrogens is 3. The zero-order valence-corrected chi connectivity index (χ0v) is 19.8. The SMILES string of the molecule is O=C(OCc1ccccc1)c1nc(N2CCc3cccnc3C2=O)c(-c2ccc(C(F)(F)C(F)(F)F)nc2)o1. The summed E-state index contributed by atoms with van der Waals surface area (Å²) >= 11 is 0. The van der Waals surface area contributed by atoms with E-state index in [9.17, 15) is 31.5 Å². The molecule has 0 saturated carbocycles. The minimum absolute atomic E-state index is 0.0963. The number of rotatable bonds is 6. The fraction of sp³-hybridized carbons (Fsp3) is 0.192. The first-order chi connectivity index (χ1) is 18.6. The Morgan fingerprint density at radius 1 is 1.00 bits per heavy atom. The lowest BCUT2D eigenvalue weighted by atomic mass is 10.0. The van der Waals surface area contributed by atoms with Crippen LogP contribution in [0, 0.1) is 0 Å². The molecule has 200 valence electrons. The van der Waals surface area contributed by atoms with Gasteiger partial charge in [-0.2, -0.15) is 26.9 Å². The molecule has 1 aliphatic rings. The largest absolute Gasteiger partial charge is 0.459 e. The lowest BCUT2D eigenvalue weighted by molar-refractivity contribution is -0.290. The molecular formula is C26H17F5N4O4. The first-order valence-electron chi connectivity index (χ1n) is 11.5. The Labute approximate surface area is 217 Å². The van der Waals surface area contributed by atoms with Gasteiger partial charge in [0.1, 0.15) is 18.0 Å². The van der Waals surface area contributed by atoms with Gasteiger partial charge in [-0.1, -0.05) is 36.4 Å². The number of fused-ring (bicyclic) bond motifs is 1. The van der Waals surface area contributed by atoms with E-state index in [4.69, 9.17) is 9.15 Å². The molecule has 5 rings (SSSR count). The number of nitrogens with zero attached hydrogens (tertiary/aromatic N) is 4. The van der Waals surface area contributed by atoms with Crippen LogP contribution >= 0.6 is 0 Å². The normalized spacial score (nSPS) is 13.8. The van der Waals surface area contributed by atoms with E-state index in [-0.39, 0.29) is 36.0 Å². The highest BCUT2D eigenvalue weighted by Crippen LogP contribution is 2.43. The van der Waals surface area contributed by atoms with Crippen LogP contribution in [0.15, 0.2) is 71.4 Å². The van der Waals surface area contributed by atoms with E-state index in [0.717, 1.165) is 12.3 Å². The van der Waals surface area contributed by atoms with Gasteiger partial charge in [0, 0.05) is 24.5 Å². The maximum Gasteiger partial charge on any atom is 0.459 e. The number of halogens is 5. The van der Waals surface area contributed by atoms with Crippen LogP contribution in [0.1, 0.15) is 38.0 Å². The van der Waals surface area contributed by atoms with Gasteiger partial charge in [-0.15, -0.1) is 0 Å². The number of amides is 1. The topological polar surface area (TPSA) is 98.4 Å². The Hall–Kier alpha value is -4.68. The number of hydrogen-bond donors (Lipinski definition) is 0. The second-order valence-electron chi connectivity index (χ2n) is 8.46. The highest BCUT2D eigenvalue weighted by molar-refractivity contribution is 6.08. The first-order valence-corrected chi connectivity index (χ1v) is 11.5. The van der Waals surface area contributed by atoms with Gasteiger partial charge in [0.25, 0.3) is 5.91 Å². The molecule has 4 heterocycles. The van der Waals surface area contributed by atoms with Gasteiger partial charge in [-0.25, -0.2) is 4.79 Å². The van der Waals surface area contributed by atoms with E-state index < -0.39 is 35.6 Å². The lowest BCUT2D eigenvalue weighted by Gasteiger charge is -2.26. The van der Waals surface area contributed by atoms with Crippen LogP contribution in [0.5, 0.6) is 0 Å². The summed E-state index contributed by atoms with van der Waals surface area (Å²) in [5.41, 5.74) is -0.122. The van der Waals surface area contributed by atoms with Crippen molar-refractivity contribution in [3.8, 4) is 11.3 Å². The third-order valence-corrected chi connectivity index (χ3v) is 5.90. The fourth-order valence-corrected chi connectivity index (χ4v) is 3.91. The van der Waals surface area contributed by atoms with Crippen LogP contribution in [0.4, 0.5) is 27.8 Å². The maximum atomic E-state index is 13.7. The number of alkyl halides is 5. The number of benzene rings is 1. The van der Waals surface area contributed by atoms with Crippen molar-refractivity contribution in [2.45, 2.75) is 25.1 Å². The van der Waals surface area contributed by atoms with Gasteiger partial charge in [0.15, 0.2) is 11.6 Å². The second-order valence-corrected chi connectivity index (χ2v) is 8.46. The Morgan fingerprint density at radius 3 is 2.46 bits per heavy atom. The molecule has 0 fully saturated rings. The van der Waals surface area contributed by atoms with Gasteiger partial charge >= 0.3 is 24.0 Å². The van der Waals surface area contributed by atoms with Crippen molar-refractivity contribution in [1.29, 1.82) is 0 Å². The number of carbonyl (C=O) groups excluding carboxylic acids is 2. The molecule has 0 atom stereocenters. The number of pyridine rings is 2. The monoisotopic (exact) mass is 544 g/mol. The minimum atomic E-state index is -5.85. The Kier molecular flexibility index (Phi) is 6.58. The molecule has 8 nitrogen and oxygen atoms in total. The van der Waals surface area contributed by atoms with Crippen LogP contribution < -0.4 is 4.90 Å². The van der Waals surface area contributed by atoms with E-state index in [1.165, 1.54) is 11.1 Å². The lowest BCUT2D eigenvalue weighted by Crippen LogP contribution is -2.39. The summed E-state index contributed by atoms with van der Waals surface area (Å²) in [5.74, 6) is -7.71. The Bertz CT molecular complexity index is 1520. The standard InChI is InChI=1S/C26H17F5N4O4/c27-25(28,26(29,30)31)18-9-8-17(13-33-18)20-21(35-12-10-16-7-4-11-32-19(16)23(35)36)34-22(39-20)24(37)38-14-15-5-2-1-3-6-15/h1-9,11,13H,10,12,14H2. The first kappa shape index (κ1) is 25.9. The quantitative estimate of drug-likeness (QED) is 0.239. The molecule has 0 aliphatic carbocycles. The zero-order valence-electron chi connectivity index (χ0n) is 19.8. The maximum absolute atomic E-state index is 13.7. The number of esters is 1. The van der Waals surface area contributed by atoms with Gasteiger partial charge in [-0.05, 0) is 35.7 Å². The summed E-state index contributed by atoms with van der Waals surface area (Å²) in [5, 5.41) is 0. The molecule has 1 amide bonds. The van der Waals surface area contributed by atoms with Crippen LogP contribution in [0.3, 0.4) is 0 Å². The molecule has 3 aromatic heterocycles. The molecule has 0 N–H and O–H groups in total. The molecule has 4 aromatic rings. The Morgan fingerprint density at radius 2 is 1.77 bits per heavy atom. The third kappa shape index (κ3) is 4.94. The fourth-order valence-electron chi connectivity index (χ4n) is 3.91. The van der Waals surface area contributed by atoms with Crippen molar-refractivity contribution in [1.82, 2.24) is 15.0 Å². The number of carbonyl (C=O) groups is 2. The molecule has 0 unspecified atom stereocenters. The van der Waals surface area contributed by atoms with Gasteiger partial charge in [0.05, 0.1) is 0 Å². The second kappa shape index (κ2) is 9.89. The molecule has 0 saturated heterocycles. The average Bonchev–Trinajstić information content (AvgIpc) is 3.37. The summed E-state index contributed by atoms with van der Waals surface area (Å²) in [6.07, 6.45) is -3.32. The van der Waals surface area contributed by atoms with Crippen molar-refractivity contribution in [3.63, 3.8) is 0 Å². The smallest absolute Gasteiger partial charge is 0.454 e. The predicted molar refractivity (Wildman–Crippen MR) is 125 cm³/mol. The summed E-state index contributed by atoms with van der Waals surface area (Å²) in [6, 6.07) is 13.5. The van der Waals surface area contributed by atoms with E-state index in [2.05, 4.69) is 15.0 Å². The van der Waals surface area contributed by atoms with Crippen molar-refractivity contribution in [3.05, 3.63) is 95.4 Å². The molecule has 0 bridgehead atoms. The van der Waals surface area contributed by atoms with Gasteiger partial charge < -0.3 is 9.15 Å². The predicted octanol–water partition coefficient (Wildman–Crippen LogP) is 5.35. The van der Waals surface area contributed by atoms with Crippen LogP contribution in [-0.4, -0.2) is 39.5 Å². The highest BCUT2D eigenvalue weighted by atomic mass is 19.4. The highest BCUT2D eigenvalue weighted by Gasteiger charge is 2.59. The molecule has 1 aliphatic heterocycles. The number of hydrogen-bond acceptors (Lipinski definition) is 7. The van der Waals surface area contributed by atoms with Crippen LogP contribution in [-0.2, 0) is 23.7 Å². The van der Waals surface area contributed by atoms with Crippen molar-refractivity contribution >= 4 is 17.7 Å². The third-order valence-electron chi connectivity index (χ3n) is 5.90. The summed E-state index contributed by atoms with van der Waals surface area (Å²) < 4.78 is 76.7. The molecule has 1 aromatic carbocycles. The summed E-state index contributed by atoms with van der Waals surface area (Å²) in [4.78, 5) is 38.6. The van der Waals surface area contributed by atoms with Gasteiger partial charge in [-0.3, -0.25) is 19.7 Å². The van der Waals surface area contributed by atoms with Crippen molar-refractivity contribution in [2.24, 2.45) is 0 Å². The molecule has 39 heavy (non-hydrogen) atoms. The number of anilines is 1. The van der Waals surface area contributed by atoms with E-state index >= 15 is 0 Å². The minimum Gasteiger partial charge on any atom is -0.454 e. The summed E-state index contributed by atoms with van der Waals surface area (Å²) in [6.45, 7) is -0.0113. The van der Waals surface area contributed by atoms with Crippen molar-refractivity contribution in [2.75, 3.05) is 11.4 Å². The molecule has 0 radical (unpaired) electrons. The van der Waals surface area contributed by atoms with E-state index in [0.29, 0.717) is 23.6 Å². The zero-order chi connectivity index (χ0) is 27.8. The average molecular weight is 544 g/mol. The molecular weight excluding hydrogens is 527 g/mol. The molecule has 13 heteroatoms. The van der Waals surface area contributed by atoms with E-state index in [1.54, 1.807) is 42.5 Å². The van der Waals surface area contributed by atoms with Gasteiger partial charge in [0.2, 0.25) is 0 Å². The van der Waals surface area contributed by atoms with E-state index in [1.807, 2.05) is 0 Å². The summed E-state index contributed by atoms with van der Waals surface area (Å²) in [7, 11) is 0. The number of ether oxygens (including phenoxy) is 1. The number of oxazole rings is 1. The Balaban J connectivity index is 1.51. The van der Waals surface area contributed by atoms with Crippen molar-refractivity contribution < 1.29 is 40.7 Å².